The van der Waals surface area contributed by atoms with Crippen molar-refractivity contribution in [2.75, 3.05) is 59.4 Å². The third-order valence-corrected chi connectivity index (χ3v) is 7.73. The molecule has 1 N–H and O–H groups in total. The number of hydrogen-bond acceptors (Lipinski definition) is 7. The molecule has 0 spiro atoms. The molecule has 2 saturated heterocycles. The van der Waals surface area contributed by atoms with Gasteiger partial charge in [-0.05, 0) is 55.4 Å². The molecule has 2 aliphatic heterocycles. The van der Waals surface area contributed by atoms with Gasteiger partial charge in [-0.2, -0.15) is 18.2 Å². The van der Waals surface area contributed by atoms with Crippen LogP contribution in [0, 0.1) is 11.8 Å². The fraction of sp³-hybridized carbons (Fsp3) is 0.536. The number of anilines is 1. The monoisotopic (exact) mass is 564 g/mol. The van der Waals surface area contributed by atoms with E-state index in [2.05, 4.69) is 9.88 Å². The zero-order valence-corrected chi connectivity index (χ0v) is 23.1. The molecule has 40 heavy (non-hydrogen) atoms. The van der Waals surface area contributed by atoms with Crippen molar-refractivity contribution in [1.29, 1.82) is 0 Å². The van der Waals surface area contributed by atoms with Gasteiger partial charge in [0.05, 0.1) is 14.2 Å². The third-order valence-electron chi connectivity index (χ3n) is 7.73. The molecule has 3 heterocycles. The average molecular weight is 565 g/mol. The molecule has 2 fully saturated rings. The number of ether oxygens (including phenoxy) is 2. The Morgan fingerprint density at radius 2 is 1.73 bits per heavy atom. The predicted molar refractivity (Wildman–Crippen MR) is 141 cm³/mol. The fourth-order valence-electron chi connectivity index (χ4n) is 5.40. The first kappa shape index (κ1) is 29.4. The van der Waals surface area contributed by atoms with Crippen molar-refractivity contribution in [3.05, 3.63) is 47.5 Å². The molecule has 9 nitrogen and oxygen atoms in total. The van der Waals surface area contributed by atoms with Crippen LogP contribution in [0.1, 0.15) is 35.2 Å². The quantitative estimate of drug-likeness (QED) is 0.526. The number of rotatable bonds is 8. The van der Waals surface area contributed by atoms with E-state index in [0.29, 0.717) is 30.1 Å². The van der Waals surface area contributed by atoms with Crippen LogP contribution in [0.2, 0.25) is 0 Å². The van der Waals surface area contributed by atoms with Crippen molar-refractivity contribution in [3.8, 4) is 11.6 Å². The Balaban J connectivity index is 1.33. The number of aliphatic hydroxyl groups is 1. The predicted octanol–water partition coefficient (Wildman–Crippen LogP) is 3.32. The number of carbonyl (C=O) groups is 2. The van der Waals surface area contributed by atoms with E-state index in [-0.39, 0.29) is 36.5 Å². The van der Waals surface area contributed by atoms with Crippen LogP contribution in [0.5, 0.6) is 11.6 Å². The number of hydrogen-bond donors (Lipinski definition) is 1. The largest absolute Gasteiger partial charge is 0.497 e. The molecule has 1 aromatic carbocycles. The lowest BCUT2D eigenvalue weighted by Crippen LogP contribution is -2.57. The minimum absolute atomic E-state index is 0.118. The van der Waals surface area contributed by atoms with Crippen LogP contribution < -0.4 is 14.4 Å². The van der Waals surface area contributed by atoms with E-state index in [1.807, 2.05) is 0 Å². The summed E-state index contributed by atoms with van der Waals surface area (Å²) in [4.78, 5) is 34.6. The summed E-state index contributed by atoms with van der Waals surface area (Å²) in [7, 11) is 6.10. The summed E-state index contributed by atoms with van der Waals surface area (Å²) in [5, 5.41) is 10.8. The van der Waals surface area contributed by atoms with Gasteiger partial charge in [0, 0.05) is 45.8 Å². The summed E-state index contributed by atoms with van der Waals surface area (Å²) in [6.07, 6.45) is -3.20. The Labute approximate surface area is 231 Å². The number of likely N-dealkylation sites (tertiary alicyclic amines) is 1. The zero-order chi connectivity index (χ0) is 29.2. The van der Waals surface area contributed by atoms with Crippen molar-refractivity contribution < 1.29 is 37.3 Å². The molecule has 0 saturated carbocycles. The van der Waals surface area contributed by atoms with Crippen molar-refractivity contribution in [3.63, 3.8) is 0 Å². The first-order chi connectivity index (χ1) is 18.9. The SMILES string of the molecule is COc1cccc(C(O)(C(=O)N2CCC(CC3CN(c4ccc(C(=O)N(C)C)c(OC)n4)C3)CC2)C(F)(F)F)c1. The van der Waals surface area contributed by atoms with Gasteiger partial charge >= 0.3 is 6.18 Å². The minimum Gasteiger partial charge on any atom is -0.497 e. The van der Waals surface area contributed by atoms with Crippen molar-refractivity contribution in [1.82, 2.24) is 14.8 Å². The molecule has 1 atom stereocenters. The Kier molecular flexibility index (Phi) is 8.48. The van der Waals surface area contributed by atoms with E-state index in [1.54, 1.807) is 26.2 Å². The molecule has 2 aromatic rings. The second-order valence-electron chi connectivity index (χ2n) is 10.6. The van der Waals surface area contributed by atoms with E-state index in [9.17, 15) is 27.9 Å². The van der Waals surface area contributed by atoms with Gasteiger partial charge in [-0.15, -0.1) is 0 Å². The van der Waals surface area contributed by atoms with Gasteiger partial charge in [-0.1, -0.05) is 12.1 Å². The number of amides is 2. The molecule has 0 aliphatic carbocycles. The van der Waals surface area contributed by atoms with Crippen molar-refractivity contribution >= 4 is 17.6 Å². The number of benzene rings is 1. The van der Waals surface area contributed by atoms with Gasteiger partial charge in [0.2, 0.25) is 5.88 Å². The van der Waals surface area contributed by atoms with Crippen molar-refractivity contribution in [2.45, 2.75) is 31.0 Å². The maximum Gasteiger partial charge on any atom is 0.430 e. The summed E-state index contributed by atoms with van der Waals surface area (Å²) in [5.41, 5.74) is -3.83. The number of nitrogens with zero attached hydrogens (tertiary/aromatic N) is 4. The highest BCUT2D eigenvalue weighted by atomic mass is 19.4. The topological polar surface area (TPSA) is 95.4 Å². The molecule has 1 aromatic heterocycles. The highest BCUT2D eigenvalue weighted by molar-refractivity contribution is 5.96. The molecule has 0 bridgehead atoms. The van der Waals surface area contributed by atoms with Crippen molar-refractivity contribution in [2.24, 2.45) is 11.8 Å². The van der Waals surface area contributed by atoms with Crippen LogP contribution in [0.15, 0.2) is 36.4 Å². The van der Waals surface area contributed by atoms with Gasteiger partial charge in [0.1, 0.15) is 17.1 Å². The first-order valence-corrected chi connectivity index (χ1v) is 13.1. The summed E-state index contributed by atoms with van der Waals surface area (Å²) < 4.78 is 52.6. The average Bonchev–Trinajstić information content (AvgIpc) is 2.92. The van der Waals surface area contributed by atoms with Gasteiger partial charge in [-0.3, -0.25) is 9.59 Å². The number of carbonyl (C=O) groups excluding carboxylic acids is 2. The highest BCUT2D eigenvalue weighted by Gasteiger charge is 2.62. The van der Waals surface area contributed by atoms with Gasteiger partial charge in [0.15, 0.2) is 0 Å². The van der Waals surface area contributed by atoms with Crippen LogP contribution in [-0.4, -0.2) is 92.4 Å². The van der Waals surface area contributed by atoms with Gasteiger partial charge in [-0.25, -0.2) is 0 Å². The number of alkyl halides is 3. The maximum absolute atomic E-state index is 14.1. The van der Waals surface area contributed by atoms with Crippen LogP contribution in [0.4, 0.5) is 19.0 Å². The van der Waals surface area contributed by atoms with E-state index in [0.717, 1.165) is 36.5 Å². The fourth-order valence-corrected chi connectivity index (χ4v) is 5.40. The molecule has 4 rings (SSSR count). The van der Waals surface area contributed by atoms with E-state index in [1.165, 1.54) is 31.3 Å². The molecule has 12 heteroatoms. The smallest absolute Gasteiger partial charge is 0.430 e. The zero-order valence-electron chi connectivity index (χ0n) is 23.1. The molecular weight excluding hydrogens is 529 g/mol. The van der Waals surface area contributed by atoms with Gasteiger partial charge in [0.25, 0.3) is 17.4 Å². The lowest BCUT2D eigenvalue weighted by Gasteiger charge is -2.43. The molecule has 0 radical (unpaired) electrons. The summed E-state index contributed by atoms with van der Waals surface area (Å²) in [6.45, 7) is 1.81. The lowest BCUT2D eigenvalue weighted by molar-refractivity contribution is -0.262. The second kappa shape index (κ2) is 11.5. The molecule has 1 unspecified atom stereocenters. The van der Waals surface area contributed by atoms with Gasteiger partial charge < -0.3 is 29.3 Å². The van der Waals surface area contributed by atoms with Crippen LogP contribution in [0.25, 0.3) is 0 Å². The molecular formula is C28H35F3N4O5. The maximum atomic E-state index is 14.1. The molecule has 2 aliphatic rings. The van der Waals surface area contributed by atoms with Crippen LogP contribution in [0.3, 0.4) is 0 Å². The Hall–Kier alpha value is -3.54. The van der Waals surface area contributed by atoms with E-state index < -0.39 is 23.2 Å². The highest BCUT2D eigenvalue weighted by Crippen LogP contribution is 2.42. The minimum atomic E-state index is -5.20. The Morgan fingerprint density at radius 3 is 2.30 bits per heavy atom. The van der Waals surface area contributed by atoms with E-state index in [4.69, 9.17) is 9.47 Å². The number of halogens is 3. The standard InChI is InChI=1S/C28H35F3N4O5/c1-33(2)25(36)22-8-9-23(32-24(22)40-4)35-16-19(17-35)14-18-10-12-34(13-11-18)26(37)27(38,28(29,30)31)20-6-5-7-21(15-20)39-3/h5-9,15,18-19,38H,10-14,16-17H2,1-4H3. The first-order valence-electron chi connectivity index (χ1n) is 13.1. The van der Waals surface area contributed by atoms with E-state index >= 15 is 0 Å². The third kappa shape index (κ3) is 5.67. The van der Waals surface area contributed by atoms with Crippen LogP contribution >= 0.6 is 0 Å². The Morgan fingerprint density at radius 1 is 1.05 bits per heavy atom. The summed E-state index contributed by atoms with van der Waals surface area (Å²) in [5.74, 6) is 0.184. The number of pyridine rings is 1. The lowest BCUT2D eigenvalue weighted by atomic mass is 9.83. The summed E-state index contributed by atoms with van der Waals surface area (Å²) >= 11 is 0. The molecule has 218 valence electrons. The van der Waals surface area contributed by atoms with Crippen LogP contribution in [-0.2, 0) is 10.4 Å². The molecule has 2 amide bonds. The number of methoxy groups -OCH3 is 2. The second-order valence-corrected chi connectivity index (χ2v) is 10.6. The number of aromatic nitrogens is 1. The Bertz CT molecular complexity index is 1230. The number of piperidine rings is 1. The summed E-state index contributed by atoms with van der Waals surface area (Å²) in [6, 6.07) is 8.39. The normalized spacial score (nSPS) is 18.1.